The number of esters is 1. The fourth-order valence-electron chi connectivity index (χ4n) is 7.22. The van der Waals surface area contributed by atoms with Crippen LogP contribution >= 0.6 is 0 Å². The van der Waals surface area contributed by atoms with Gasteiger partial charge in [-0.15, -0.1) is 0 Å². The van der Waals surface area contributed by atoms with E-state index in [1.54, 1.807) is 7.11 Å². The Morgan fingerprint density at radius 2 is 1.90 bits per heavy atom. The van der Waals surface area contributed by atoms with Gasteiger partial charge in [-0.2, -0.15) is 0 Å². The van der Waals surface area contributed by atoms with Crippen molar-refractivity contribution in [2.24, 2.45) is 28.6 Å². The third kappa shape index (κ3) is 2.91. The second kappa shape index (κ2) is 6.97. The highest BCUT2D eigenvalue weighted by Crippen LogP contribution is 2.67. The SMILES string of the molecule is COC1=CC2=CC[C@H]3[C@H]4CC[C@](O)(C(=O)COC(C)=O)[C@]4(C)CC[C@@H]3[C@]2(C)CC1. The highest BCUT2D eigenvalue weighted by atomic mass is 16.5. The molecular weight excluding hydrogens is 368 g/mol. The monoisotopic (exact) mass is 402 g/mol. The van der Waals surface area contributed by atoms with E-state index in [-0.39, 0.29) is 17.8 Å². The van der Waals surface area contributed by atoms with Crippen LogP contribution < -0.4 is 0 Å². The van der Waals surface area contributed by atoms with Gasteiger partial charge in [0.15, 0.2) is 6.61 Å². The van der Waals surface area contributed by atoms with Crippen molar-refractivity contribution < 1.29 is 24.2 Å². The molecule has 0 aromatic carbocycles. The van der Waals surface area contributed by atoms with Crippen LogP contribution in [0.3, 0.4) is 0 Å². The lowest BCUT2D eigenvalue weighted by atomic mass is 9.47. The van der Waals surface area contributed by atoms with Gasteiger partial charge in [-0.3, -0.25) is 9.59 Å². The Morgan fingerprint density at radius 1 is 1.17 bits per heavy atom. The number of carbonyl (C=O) groups excluding carboxylic acids is 2. The second-order valence-corrected chi connectivity index (χ2v) is 10.1. The summed E-state index contributed by atoms with van der Waals surface area (Å²) in [7, 11) is 1.75. The average Bonchev–Trinajstić information content (AvgIpc) is 2.97. The van der Waals surface area contributed by atoms with Crippen molar-refractivity contribution >= 4 is 11.8 Å². The molecule has 0 amide bonds. The highest BCUT2D eigenvalue weighted by Gasteiger charge is 2.65. The van der Waals surface area contributed by atoms with Crippen molar-refractivity contribution in [1.82, 2.24) is 0 Å². The molecular formula is C24H34O5. The quantitative estimate of drug-likeness (QED) is 0.721. The smallest absolute Gasteiger partial charge is 0.303 e. The Bertz CT molecular complexity index is 782. The predicted octanol–water partition coefficient (Wildman–Crippen LogP) is 3.95. The standard InChI is InChI=1S/C24H34O5/c1-15(25)29-14-21(26)24(27)12-9-20-18-6-5-16-13-17(28-4)7-10-22(16,2)19(18)8-11-23(20,24)3/h5,13,18-20,27H,6-12,14H2,1-4H3/t18-,19+,20-,22-,23-,24+/m1/s1. The minimum atomic E-state index is -1.39. The van der Waals surface area contributed by atoms with Gasteiger partial charge in [-0.25, -0.2) is 0 Å². The zero-order chi connectivity index (χ0) is 21.0. The Labute approximate surface area is 173 Å². The fraction of sp³-hybridized carbons (Fsp3) is 0.750. The molecule has 29 heavy (non-hydrogen) atoms. The number of ether oxygens (including phenoxy) is 2. The number of aliphatic hydroxyl groups is 1. The van der Waals surface area contributed by atoms with Crippen LogP contribution in [0.15, 0.2) is 23.5 Å². The molecule has 2 fully saturated rings. The van der Waals surface area contributed by atoms with Crippen LogP contribution in [0.5, 0.6) is 0 Å². The van der Waals surface area contributed by atoms with Gasteiger partial charge in [0.2, 0.25) is 5.78 Å². The molecule has 5 heteroatoms. The van der Waals surface area contributed by atoms with Crippen LogP contribution in [0.1, 0.15) is 65.7 Å². The molecule has 0 heterocycles. The van der Waals surface area contributed by atoms with Crippen LogP contribution in [0.25, 0.3) is 0 Å². The summed E-state index contributed by atoms with van der Waals surface area (Å²) in [5.41, 5.74) is -0.285. The number of hydrogen-bond acceptors (Lipinski definition) is 5. The largest absolute Gasteiger partial charge is 0.501 e. The van der Waals surface area contributed by atoms with Crippen LogP contribution in [-0.2, 0) is 19.1 Å². The zero-order valence-corrected chi connectivity index (χ0v) is 18.1. The Morgan fingerprint density at radius 3 is 2.59 bits per heavy atom. The molecule has 4 rings (SSSR count). The maximum atomic E-state index is 12.9. The van der Waals surface area contributed by atoms with Gasteiger partial charge in [0.25, 0.3) is 0 Å². The predicted molar refractivity (Wildman–Crippen MR) is 109 cm³/mol. The van der Waals surface area contributed by atoms with Crippen LogP contribution in [0.2, 0.25) is 0 Å². The zero-order valence-electron chi connectivity index (χ0n) is 18.1. The van der Waals surface area contributed by atoms with Crippen molar-refractivity contribution in [3.8, 4) is 0 Å². The lowest BCUT2D eigenvalue weighted by Crippen LogP contribution is -2.57. The topological polar surface area (TPSA) is 72.8 Å². The van der Waals surface area contributed by atoms with E-state index in [9.17, 15) is 14.7 Å². The van der Waals surface area contributed by atoms with Gasteiger partial charge >= 0.3 is 5.97 Å². The van der Waals surface area contributed by atoms with Crippen molar-refractivity contribution in [2.45, 2.75) is 71.3 Å². The van der Waals surface area contributed by atoms with Gasteiger partial charge in [-0.1, -0.05) is 19.9 Å². The molecule has 0 bridgehead atoms. The maximum Gasteiger partial charge on any atom is 0.303 e. The maximum absolute atomic E-state index is 12.9. The average molecular weight is 403 g/mol. The van der Waals surface area contributed by atoms with E-state index in [1.165, 1.54) is 12.5 Å². The molecule has 0 saturated heterocycles. The van der Waals surface area contributed by atoms with Crippen molar-refractivity contribution in [2.75, 3.05) is 13.7 Å². The molecule has 5 nitrogen and oxygen atoms in total. The van der Waals surface area contributed by atoms with E-state index in [0.29, 0.717) is 24.2 Å². The molecule has 4 aliphatic rings. The van der Waals surface area contributed by atoms with Gasteiger partial charge in [-0.05, 0) is 73.3 Å². The number of fused-ring (bicyclic) bond motifs is 5. The summed E-state index contributed by atoms with van der Waals surface area (Å²) in [6.45, 7) is 5.46. The van der Waals surface area contributed by atoms with E-state index >= 15 is 0 Å². The third-order valence-corrected chi connectivity index (χ3v) is 9.01. The van der Waals surface area contributed by atoms with E-state index in [1.807, 2.05) is 0 Å². The number of rotatable bonds is 4. The molecule has 6 atom stereocenters. The summed E-state index contributed by atoms with van der Waals surface area (Å²) in [4.78, 5) is 24.0. The highest BCUT2D eigenvalue weighted by molar-refractivity contribution is 5.90. The summed E-state index contributed by atoms with van der Waals surface area (Å²) in [6, 6.07) is 0. The Hall–Kier alpha value is -1.62. The molecule has 1 N–H and O–H groups in total. The number of carbonyl (C=O) groups is 2. The van der Waals surface area contributed by atoms with Gasteiger partial charge in [0.05, 0.1) is 12.9 Å². The summed E-state index contributed by atoms with van der Waals surface area (Å²) in [6.07, 6.45) is 10.9. The number of methoxy groups -OCH3 is 1. The lowest BCUT2D eigenvalue weighted by Gasteiger charge is -2.57. The van der Waals surface area contributed by atoms with Crippen molar-refractivity contribution in [3.05, 3.63) is 23.5 Å². The normalized spacial score (nSPS) is 43.3. The minimum absolute atomic E-state index is 0.148. The first-order valence-corrected chi connectivity index (χ1v) is 11.0. The first-order valence-electron chi connectivity index (χ1n) is 11.0. The molecule has 0 aromatic heterocycles. The second-order valence-electron chi connectivity index (χ2n) is 10.1. The summed E-state index contributed by atoms with van der Waals surface area (Å²) < 4.78 is 10.5. The van der Waals surface area contributed by atoms with Crippen LogP contribution in [0.4, 0.5) is 0 Å². The lowest BCUT2D eigenvalue weighted by molar-refractivity contribution is -0.168. The molecule has 0 unspecified atom stereocenters. The van der Waals surface area contributed by atoms with Crippen LogP contribution in [-0.4, -0.2) is 36.2 Å². The first-order chi connectivity index (χ1) is 13.7. The molecule has 0 radical (unpaired) electrons. The van der Waals surface area contributed by atoms with Gasteiger partial charge < -0.3 is 14.6 Å². The number of allylic oxidation sites excluding steroid dienone is 4. The molecule has 0 spiro atoms. The van der Waals surface area contributed by atoms with E-state index < -0.39 is 17.0 Å². The third-order valence-electron chi connectivity index (χ3n) is 9.01. The number of hydrogen-bond donors (Lipinski definition) is 1. The molecule has 0 aromatic rings. The summed E-state index contributed by atoms with van der Waals surface area (Å²) in [5, 5.41) is 11.5. The van der Waals surface area contributed by atoms with E-state index in [0.717, 1.165) is 44.3 Å². The molecule has 2 saturated carbocycles. The van der Waals surface area contributed by atoms with E-state index in [4.69, 9.17) is 9.47 Å². The fourth-order valence-corrected chi connectivity index (χ4v) is 7.22. The van der Waals surface area contributed by atoms with E-state index in [2.05, 4.69) is 26.0 Å². The Kier molecular flexibility index (Phi) is 4.96. The molecule has 160 valence electrons. The number of ketones is 1. The van der Waals surface area contributed by atoms with Gasteiger partial charge in [0, 0.05) is 18.8 Å². The van der Waals surface area contributed by atoms with Crippen molar-refractivity contribution in [1.29, 1.82) is 0 Å². The van der Waals surface area contributed by atoms with Crippen molar-refractivity contribution in [3.63, 3.8) is 0 Å². The first kappa shape index (κ1) is 20.6. The van der Waals surface area contributed by atoms with Crippen LogP contribution in [0, 0.1) is 28.6 Å². The minimum Gasteiger partial charge on any atom is -0.501 e. The molecule has 4 aliphatic carbocycles. The summed E-state index contributed by atoms with van der Waals surface area (Å²) in [5.74, 6) is 1.62. The summed E-state index contributed by atoms with van der Waals surface area (Å²) >= 11 is 0. The number of Topliss-reactive ketones (excluding diaryl/α,β-unsaturated/α-hetero) is 1. The molecule has 0 aliphatic heterocycles. The van der Waals surface area contributed by atoms with Gasteiger partial charge in [0.1, 0.15) is 5.60 Å². The Balaban J connectivity index is 1.61.